The van der Waals surface area contributed by atoms with Crippen molar-refractivity contribution < 1.29 is 14.3 Å². The molecule has 0 aliphatic heterocycles. The van der Waals surface area contributed by atoms with E-state index in [1.54, 1.807) is 55.6 Å². The molecule has 0 atom stereocenters. The molecule has 0 bridgehead atoms. The van der Waals surface area contributed by atoms with Crippen LogP contribution in [0.3, 0.4) is 0 Å². The fourth-order valence-electron chi connectivity index (χ4n) is 2.60. The summed E-state index contributed by atoms with van der Waals surface area (Å²) in [5.74, 6) is 0.919. The van der Waals surface area contributed by atoms with Gasteiger partial charge >= 0.3 is 0 Å². The molecule has 0 aromatic heterocycles. The van der Waals surface area contributed by atoms with Gasteiger partial charge in [-0.25, -0.2) is 0 Å². The molecule has 0 unspecified atom stereocenters. The van der Waals surface area contributed by atoms with Gasteiger partial charge < -0.3 is 20.7 Å². The molecule has 27 heavy (non-hydrogen) atoms. The maximum Gasteiger partial charge on any atom is 0.257 e. The number of ether oxygens (including phenoxy) is 1. The Labute approximate surface area is 165 Å². The van der Waals surface area contributed by atoms with E-state index in [0.717, 1.165) is 6.54 Å². The van der Waals surface area contributed by atoms with Crippen LogP contribution in [0.15, 0.2) is 48.5 Å². The van der Waals surface area contributed by atoms with Crippen molar-refractivity contribution in [3.05, 3.63) is 54.1 Å². The van der Waals surface area contributed by atoms with Crippen molar-refractivity contribution in [3.8, 4) is 5.75 Å². The van der Waals surface area contributed by atoms with Crippen molar-refractivity contribution >= 4 is 35.6 Å². The summed E-state index contributed by atoms with van der Waals surface area (Å²) < 4.78 is 5.16. The SMILES string of the molecule is COc1cccc(NC(=O)c2ccccc2NC(=O)CNCC2CC2)c1.Cl. The Morgan fingerprint density at radius 2 is 1.85 bits per heavy atom. The number of carbonyl (C=O) groups is 2. The second-order valence-corrected chi connectivity index (χ2v) is 6.35. The summed E-state index contributed by atoms with van der Waals surface area (Å²) in [7, 11) is 1.57. The summed E-state index contributed by atoms with van der Waals surface area (Å²) in [6.07, 6.45) is 2.48. The Bertz CT molecular complexity index is 794. The van der Waals surface area contributed by atoms with Crippen LogP contribution in [-0.2, 0) is 4.79 Å². The van der Waals surface area contributed by atoms with Crippen molar-refractivity contribution in [2.24, 2.45) is 5.92 Å². The fourth-order valence-corrected chi connectivity index (χ4v) is 2.60. The van der Waals surface area contributed by atoms with Gasteiger partial charge in [-0.3, -0.25) is 9.59 Å². The average molecular weight is 390 g/mol. The quantitative estimate of drug-likeness (QED) is 0.647. The Hall–Kier alpha value is -2.57. The first-order chi connectivity index (χ1) is 12.7. The lowest BCUT2D eigenvalue weighted by atomic mass is 10.1. The molecular weight excluding hydrogens is 366 g/mol. The van der Waals surface area contributed by atoms with Crippen LogP contribution in [0, 0.1) is 5.92 Å². The zero-order valence-electron chi connectivity index (χ0n) is 15.2. The minimum atomic E-state index is -0.292. The summed E-state index contributed by atoms with van der Waals surface area (Å²) >= 11 is 0. The third kappa shape index (κ3) is 6.27. The van der Waals surface area contributed by atoms with Gasteiger partial charge in [0.05, 0.1) is 24.9 Å². The van der Waals surface area contributed by atoms with E-state index in [-0.39, 0.29) is 30.8 Å². The number of methoxy groups -OCH3 is 1. The number of hydrogen-bond donors (Lipinski definition) is 3. The Kier molecular flexibility index (Phi) is 7.64. The van der Waals surface area contributed by atoms with Gasteiger partial charge in [-0.1, -0.05) is 18.2 Å². The topological polar surface area (TPSA) is 79.5 Å². The van der Waals surface area contributed by atoms with Crippen LogP contribution in [-0.4, -0.2) is 32.0 Å². The van der Waals surface area contributed by atoms with Crippen LogP contribution >= 0.6 is 12.4 Å². The van der Waals surface area contributed by atoms with Crippen LogP contribution in [0.5, 0.6) is 5.75 Å². The van der Waals surface area contributed by atoms with E-state index in [2.05, 4.69) is 16.0 Å². The molecule has 3 N–H and O–H groups in total. The minimum Gasteiger partial charge on any atom is -0.497 e. The Balaban J connectivity index is 0.00000261. The summed E-state index contributed by atoms with van der Waals surface area (Å²) in [5.41, 5.74) is 1.53. The third-order valence-corrected chi connectivity index (χ3v) is 4.19. The lowest BCUT2D eigenvalue weighted by molar-refractivity contribution is -0.115. The molecule has 1 aliphatic carbocycles. The first-order valence-electron chi connectivity index (χ1n) is 8.70. The molecule has 0 heterocycles. The Morgan fingerprint density at radius 1 is 1.07 bits per heavy atom. The van der Waals surface area contributed by atoms with Gasteiger partial charge in [0.15, 0.2) is 0 Å². The zero-order chi connectivity index (χ0) is 18.4. The molecule has 2 aromatic carbocycles. The predicted molar refractivity (Wildman–Crippen MR) is 109 cm³/mol. The van der Waals surface area contributed by atoms with Gasteiger partial charge in [0.25, 0.3) is 5.91 Å². The smallest absolute Gasteiger partial charge is 0.257 e. The maximum atomic E-state index is 12.6. The number of hydrogen-bond acceptors (Lipinski definition) is 4. The maximum absolute atomic E-state index is 12.6. The highest BCUT2D eigenvalue weighted by atomic mass is 35.5. The van der Waals surface area contributed by atoms with Gasteiger partial charge in [0, 0.05) is 11.8 Å². The lowest BCUT2D eigenvalue weighted by Gasteiger charge is -2.12. The Morgan fingerprint density at radius 3 is 2.59 bits per heavy atom. The molecule has 6 nitrogen and oxygen atoms in total. The van der Waals surface area contributed by atoms with Gasteiger partial charge in [-0.15, -0.1) is 12.4 Å². The van der Waals surface area contributed by atoms with Crippen LogP contribution in [0.25, 0.3) is 0 Å². The molecule has 1 saturated carbocycles. The summed E-state index contributed by atoms with van der Waals surface area (Å²) in [6, 6.07) is 14.1. The zero-order valence-corrected chi connectivity index (χ0v) is 16.0. The molecule has 3 rings (SSSR count). The minimum absolute atomic E-state index is 0. The first-order valence-corrected chi connectivity index (χ1v) is 8.70. The standard InChI is InChI=1S/C20H23N3O3.ClH/c1-26-16-6-4-5-15(11-16)22-20(25)17-7-2-3-8-18(17)23-19(24)13-21-12-14-9-10-14;/h2-8,11,14,21H,9-10,12-13H2,1H3,(H,22,25)(H,23,24);1H. The first kappa shape index (κ1) is 20.7. The van der Waals surface area contributed by atoms with E-state index in [1.807, 2.05) is 0 Å². The highest BCUT2D eigenvalue weighted by molar-refractivity contribution is 6.10. The second kappa shape index (κ2) is 9.94. The van der Waals surface area contributed by atoms with Crippen LogP contribution in [0.4, 0.5) is 11.4 Å². The summed E-state index contributed by atoms with van der Waals surface area (Å²) in [6.45, 7) is 1.10. The number of amides is 2. The molecule has 1 fully saturated rings. The van der Waals surface area contributed by atoms with Crippen molar-refractivity contribution in [2.75, 3.05) is 30.8 Å². The highest BCUT2D eigenvalue weighted by Crippen LogP contribution is 2.27. The molecule has 144 valence electrons. The van der Waals surface area contributed by atoms with E-state index < -0.39 is 0 Å². The van der Waals surface area contributed by atoms with Crippen LogP contribution < -0.4 is 20.7 Å². The van der Waals surface area contributed by atoms with E-state index in [0.29, 0.717) is 28.6 Å². The number of carbonyl (C=O) groups excluding carboxylic acids is 2. The number of para-hydroxylation sites is 1. The van der Waals surface area contributed by atoms with Gasteiger partial charge in [-0.2, -0.15) is 0 Å². The van der Waals surface area contributed by atoms with E-state index in [4.69, 9.17) is 4.74 Å². The monoisotopic (exact) mass is 389 g/mol. The normalized spacial score (nSPS) is 12.6. The molecule has 2 aromatic rings. The molecule has 1 aliphatic rings. The summed E-state index contributed by atoms with van der Waals surface area (Å²) in [5, 5.41) is 8.78. The second-order valence-electron chi connectivity index (χ2n) is 6.35. The predicted octanol–water partition coefficient (Wildman–Crippen LogP) is 3.31. The molecule has 0 radical (unpaired) electrons. The van der Waals surface area contributed by atoms with Crippen molar-refractivity contribution in [2.45, 2.75) is 12.8 Å². The summed E-state index contributed by atoms with van der Waals surface area (Å²) in [4.78, 5) is 24.7. The molecule has 2 amide bonds. The van der Waals surface area contributed by atoms with Crippen LogP contribution in [0.1, 0.15) is 23.2 Å². The third-order valence-electron chi connectivity index (χ3n) is 4.19. The largest absolute Gasteiger partial charge is 0.497 e. The van der Waals surface area contributed by atoms with E-state index in [9.17, 15) is 9.59 Å². The highest BCUT2D eigenvalue weighted by Gasteiger charge is 2.20. The van der Waals surface area contributed by atoms with Crippen molar-refractivity contribution in [1.82, 2.24) is 5.32 Å². The van der Waals surface area contributed by atoms with Gasteiger partial charge in [-0.05, 0) is 49.6 Å². The number of anilines is 2. The van der Waals surface area contributed by atoms with Crippen molar-refractivity contribution in [3.63, 3.8) is 0 Å². The number of halogens is 1. The fraction of sp³-hybridized carbons (Fsp3) is 0.300. The number of nitrogens with one attached hydrogen (secondary N) is 3. The lowest BCUT2D eigenvalue weighted by Crippen LogP contribution is -2.30. The average Bonchev–Trinajstić information content (AvgIpc) is 3.46. The molecule has 7 heteroatoms. The van der Waals surface area contributed by atoms with E-state index >= 15 is 0 Å². The van der Waals surface area contributed by atoms with Crippen molar-refractivity contribution in [1.29, 1.82) is 0 Å². The van der Waals surface area contributed by atoms with E-state index in [1.165, 1.54) is 12.8 Å². The van der Waals surface area contributed by atoms with Crippen LogP contribution in [0.2, 0.25) is 0 Å². The number of rotatable bonds is 8. The van der Waals surface area contributed by atoms with Gasteiger partial charge in [0.1, 0.15) is 5.75 Å². The van der Waals surface area contributed by atoms with Gasteiger partial charge in [0.2, 0.25) is 5.91 Å². The molecular formula is C20H24ClN3O3. The number of benzene rings is 2. The molecule has 0 spiro atoms. The molecule has 0 saturated heterocycles.